The number of halogens is 1. The maximum Gasteiger partial charge on any atom is 0.247 e. The first-order valence-corrected chi connectivity index (χ1v) is 11.6. The molecule has 1 saturated heterocycles. The van der Waals surface area contributed by atoms with Crippen LogP contribution < -0.4 is 4.90 Å². The molecule has 5 nitrogen and oxygen atoms in total. The summed E-state index contributed by atoms with van der Waals surface area (Å²) in [4.78, 5) is 16.7. The van der Waals surface area contributed by atoms with E-state index in [4.69, 9.17) is 11.6 Å². The van der Waals surface area contributed by atoms with Crippen molar-refractivity contribution in [3.05, 3.63) is 70.8 Å². The molecule has 1 fully saturated rings. The molecular weight excluding hydrogens is 408 g/mol. The van der Waals surface area contributed by atoms with E-state index in [1.54, 1.807) is 17.0 Å². The van der Waals surface area contributed by atoms with E-state index in [2.05, 4.69) is 0 Å². The molecule has 2 aromatic rings. The molecule has 7 heteroatoms. The molecule has 3 rings (SSSR count). The highest BCUT2D eigenvalue weighted by atomic mass is 35.5. The molecule has 1 amide bonds. The quantitative estimate of drug-likeness (QED) is 0.654. The van der Waals surface area contributed by atoms with Crippen molar-refractivity contribution in [2.75, 3.05) is 30.5 Å². The average Bonchev–Trinajstić information content (AvgIpc) is 3.05. The van der Waals surface area contributed by atoms with Gasteiger partial charge in [-0.2, -0.15) is 0 Å². The fourth-order valence-electron chi connectivity index (χ4n) is 3.37. The van der Waals surface area contributed by atoms with Gasteiger partial charge in [-0.3, -0.25) is 4.79 Å². The topological polar surface area (TPSA) is 57.7 Å². The van der Waals surface area contributed by atoms with Crippen molar-refractivity contribution in [2.45, 2.75) is 19.0 Å². The van der Waals surface area contributed by atoms with Crippen LogP contribution in [0.4, 0.5) is 5.69 Å². The second-order valence-electron chi connectivity index (χ2n) is 7.44. The maximum atomic E-state index is 13.0. The fourth-order valence-corrected chi connectivity index (χ4v) is 5.30. The summed E-state index contributed by atoms with van der Waals surface area (Å²) in [6.07, 6.45) is 3.61. The van der Waals surface area contributed by atoms with Crippen LogP contribution in [0.1, 0.15) is 17.5 Å². The van der Waals surface area contributed by atoms with E-state index in [9.17, 15) is 13.2 Å². The number of benzene rings is 2. The Morgan fingerprint density at radius 3 is 2.41 bits per heavy atom. The first-order chi connectivity index (χ1) is 13.7. The molecule has 1 unspecified atom stereocenters. The van der Waals surface area contributed by atoms with E-state index in [0.717, 1.165) is 16.8 Å². The molecule has 1 aliphatic rings. The molecule has 0 bridgehead atoms. The third kappa shape index (κ3) is 5.61. The summed E-state index contributed by atoms with van der Waals surface area (Å²) in [5.74, 6) is -0.0901. The molecule has 1 aliphatic heterocycles. The standard InChI is InChI=1S/C22H25ClN2O3S/c1-24(2)19-10-7-17(8-11-19)15-25(20-13-14-29(27,28)16-20)22(26)12-9-18-5-3-4-6-21(18)23/h3-12,20H,13-16H2,1-2H3/b12-9+. The van der Waals surface area contributed by atoms with Crippen LogP contribution in [-0.2, 0) is 21.2 Å². The number of carbonyl (C=O) groups is 1. The maximum absolute atomic E-state index is 13.0. The highest BCUT2D eigenvalue weighted by molar-refractivity contribution is 7.91. The molecule has 1 atom stereocenters. The Hall–Kier alpha value is -2.31. The summed E-state index contributed by atoms with van der Waals surface area (Å²) in [6, 6.07) is 14.9. The Kier molecular flexibility index (Phi) is 6.65. The Bertz CT molecular complexity index is 1000. The minimum absolute atomic E-state index is 0.00839. The van der Waals surface area contributed by atoms with Gasteiger partial charge in [-0.15, -0.1) is 0 Å². The van der Waals surface area contributed by atoms with Crippen LogP contribution in [0.5, 0.6) is 0 Å². The van der Waals surface area contributed by atoms with E-state index >= 15 is 0 Å². The van der Waals surface area contributed by atoms with E-state index in [1.807, 2.05) is 61.5 Å². The molecule has 0 radical (unpaired) electrons. The van der Waals surface area contributed by atoms with Gasteiger partial charge >= 0.3 is 0 Å². The van der Waals surface area contributed by atoms with Gasteiger partial charge in [0.2, 0.25) is 5.91 Å². The van der Waals surface area contributed by atoms with Gasteiger partial charge in [0.1, 0.15) is 0 Å². The average molecular weight is 433 g/mol. The summed E-state index contributed by atoms with van der Waals surface area (Å²) in [7, 11) is 0.828. The Labute approximate surface area is 177 Å². The van der Waals surface area contributed by atoms with Crippen LogP contribution in [0.25, 0.3) is 6.08 Å². The highest BCUT2D eigenvalue weighted by Crippen LogP contribution is 2.23. The molecule has 1 heterocycles. The third-order valence-corrected chi connectivity index (χ3v) is 7.14. The SMILES string of the molecule is CN(C)c1ccc(CN(C(=O)/C=C/c2ccccc2Cl)C2CCS(=O)(=O)C2)cc1. The minimum atomic E-state index is -3.10. The second kappa shape index (κ2) is 9.01. The van der Waals surface area contributed by atoms with Crippen LogP contribution in [-0.4, -0.2) is 50.9 Å². The van der Waals surface area contributed by atoms with Crippen molar-refractivity contribution in [3.8, 4) is 0 Å². The van der Waals surface area contributed by atoms with Gasteiger partial charge in [0.25, 0.3) is 0 Å². The molecule has 154 valence electrons. The first-order valence-electron chi connectivity index (χ1n) is 9.45. The lowest BCUT2D eigenvalue weighted by Gasteiger charge is -2.27. The molecule has 0 aromatic heterocycles. The number of anilines is 1. The minimum Gasteiger partial charge on any atom is -0.378 e. The summed E-state index contributed by atoms with van der Waals surface area (Å²) < 4.78 is 24.0. The number of hydrogen-bond donors (Lipinski definition) is 0. The predicted octanol–water partition coefficient (Wildman–Crippen LogP) is 3.64. The normalized spacial score (nSPS) is 18.1. The van der Waals surface area contributed by atoms with Gasteiger partial charge < -0.3 is 9.80 Å². The number of amides is 1. The Morgan fingerprint density at radius 1 is 1.14 bits per heavy atom. The predicted molar refractivity (Wildman–Crippen MR) is 119 cm³/mol. The van der Waals surface area contributed by atoms with Crippen LogP contribution in [0.15, 0.2) is 54.6 Å². The molecule has 0 aliphatic carbocycles. The fraction of sp³-hybridized carbons (Fsp3) is 0.318. The summed E-state index contributed by atoms with van der Waals surface area (Å²) in [5.41, 5.74) is 2.77. The number of rotatable bonds is 6. The third-order valence-electron chi connectivity index (χ3n) is 5.05. The van der Waals surface area contributed by atoms with Gasteiger partial charge in [0.15, 0.2) is 9.84 Å². The molecular formula is C22H25ClN2O3S. The van der Waals surface area contributed by atoms with Crippen molar-refractivity contribution in [1.29, 1.82) is 0 Å². The smallest absolute Gasteiger partial charge is 0.247 e. The van der Waals surface area contributed by atoms with E-state index < -0.39 is 9.84 Å². The lowest BCUT2D eigenvalue weighted by Crippen LogP contribution is -2.39. The van der Waals surface area contributed by atoms with Crippen LogP contribution in [0.3, 0.4) is 0 Å². The largest absolute Gasteiger partial charge is 0.378 e. The monoisotopic (exact) mass is 432 g/mol. The highest BCUT2D eigenvalue weighted by Gasteiger charge is 2.34. The van der Waals surface area contributed by atoms with Gasteiger partial charge in [0.05, 0.1) is 11.5 Å². The zero-order chi connectivity index (χ0) is 21.0. The van der Waals surface area contributed by atoms with E-state index in [-0.39, 0.29) is 23.5 Å². The summed E-state index contributed by atoms with van der Waals surface area (Å²) in [5, 5.41) is 0.561. The lowest BCUT2D eigenvalue weighted by molar-refractivity contribution is -0.128. The molecule has 0 spiro atoms. The molecule has 0 saturated carbocycles. The van der Waals surface area contributed by atoms with Crippen molar-refractivity contribution in [1.82, 2.24) is 4.90 Å². The number of carbonyl (C=O) groups excluding carboxylic acids is 1. The van der Waals surface area contributed by atoms with Gasteiger partial charge in [-0.05, 0) is 41.8 Å². The molecule has 2 aromatic carbocycles. The van der Waals surface area contributed by atoms with Gasteiger partial charge in [0, 0.05) is 43.5 Å². The van der Waals surface area contributed by atoms with E-state index in [1.165, 1.54) is 6.08 Å². The summed E-state index contributed by atoms with van der Waals surface area (Å²) >= 11 is 6.16. The number of sulfone groups is 1. The Balaban J connectivity index is 1.82. The molecule has 29 heavy (non-hydrogen) atoms. The zero-order valence-electron chi connectivity index (χ0n) is 16.6. The zero-order valence-corrected chi connectivity index (χ0v) is 18.2. The van der Waals surface area contributed by atoms with Crippen molar-refractivity contribution in [2.24, 2.45) is 0 Å². The summed E-state index contributed by atoms with van der Waals surface area (Å²) in [6.45, 7) is 0.361. The van der Waals surface area contributed by atoms with Crippen LogP contribution in [0.2, 0.25) is 5.02 Å². The van der Waals surface area contributed by atoms with Gasteiger partial charge in [-0.1, -0.05) is 41.9 Å². The van der Waals surface area contributed by atoms with E-state index in [0.29, 0.717) is 18.0 Å². The van der Waals surface area contributed by atoms with Crippen LogP contribution >= 0.6 is 11.6 Å². The van der Waals surface area contributed by atoms with Crippen LogP contribution in [0, 0.1) is 0 Å². The van der Waals surface area contributed by atoms with Crippen molar-refractivity contribution >= 4 is 39.1 Å². The van der Waals surface area contributed by atoms with Crippen molar-refractivity contribution in [3.63, 3.8) is 0 Å². The first kappa shape index (κ1) is 21.4. The number of hydrogen-bond acceptors (Lipinski definition) is 4. The molecule has 0 N–H and O–H groups in total. The van der Waals surface area contributed by atoms with Crippen molar-refractivity contribution < 1.29 is 13.2 Å². The number of nitrogens with zero attached hydrogens (tertiary/aromatic N) is 2. The second-order valence-corrected chi connectivity index (χ2v) is 10.1. The Morgan fingerprint density at radius 2 is 1.83 bits per heavy atom. The lowest BCUT2D eigenvalue weighted by atomic mass is 10.1. The van der Waals surface area contributed by atoms with Gasteiger partial charge in [-0.25, -0.2) is 8.42 Å².